The molecule has 20 heavy (non-hydrogen) atoms. The maximum absolute atomic E-state index is 12.2. The molecule has 0 aliphatic carbocycles. The molecule has 0 atom stereocenters. The van der Waals surface area contributed by atoms with Gasteiger partial charge in [-0.25, -0.2) is 8.42 Å². The molecule has 0 saturated heterocycles. The largest absolute Gasteiger partial charge is 0.507 e. The van der Waals surface area contributed by atoms with Gasteiger partial charge in [0.05, 0.1) is 10.6 Å². The van der Waals surface area contributed by atoms with Crippen LogP contribution in [-0.2, 0) is 9.84 Å². The molecule has 0 aliphatic heterocycles. The molecule has 0 heterocycles. The fraction of sp³-hybridized carbons (Fsp3) is 0.250. The Labute approximate surface area is 119 Å². The first-order chi connectivity index (χ1) is 9.54. The summed E-state index contributed by atoms with van der Waals surface area (Å²) in [6, 6.07) is 13.7. The predicted molar refractivity (Wildman–Crippen MR) is 80.5 cm³/mol. The highest BCUT2D eigenvalue weighted by atomic mass is 32.2. The van der Waals surface area contributed by atoms with Crippen molar-refractivity contribution in [3.8, 4) is 16.9 Å². The molecule has 0 saturated carbocycles. The summed E-state index contributed by atoms with van der Waals surface area (Å²) < 4.78 is 24.4. The van der Waals surface area contributed by atoms with Crippen molar-refractivity contribution in [2.75, 3.05) is 5.75 Å². The number of hydrogen-bond donors (Lipinski definition) is 1. The van der Waals surface area contributed by atoms with Crippen molar-refractivity contribution in [3.63, 3.8) is 0 Å². The van der Waals surface area contributed by atoms with Gasteiger partial charge >= 0.3 is 0 Å². The summed E-state index contributed by atoms with van der Waals surface area (Å²) in [5, 5.41) is 9.94. The molecule has 106 valence electrons. The van der Waals surface area contributed by atoms with Crippen molar-refractivity contribution in [2.24, 2.45) is 0 Å². The molecule has 0 amide bonds. The van der Waals surface area contributed by atoms with Crippen molar-refractivity contribution >= 4 is 9.84 Å². The van der Waals surface area contributed by atoms with Gasteiger partial charge in [0.2, 0.25) is 0 Å². The third kappa shape index (κ3) is 3.20. The minimum atomic E-state index is -3.28. The summed E-state index contributed by atoms with van der Waals surface area (Å²) in [6.07, 6.45) is 1.48. The Bertz CT molecular complexity index is 676. The van der Waals surface area contributed by atoms with E-state index in [0.717, 1.165) is 12.0 Å². The van der Waals surface area contributed by atoms with Crippen LogP contribution in [0.25, 0.3) is 11.1 Å². The number of unbranched alkanes of at least 4 members (excludes halogenated alkanes) is 1. The van der Waals surface area contributed by atoms with E-state index in [9.17, 15) is 13.5 Å². The van der Waals surface area contributed by atoms with E-state index in [1.807, 2.05) is 37.3 Å². The Morgan fingerprint density at radius 1 is 1.05 bits per heavy atom. The topological polar surface area (TPSA) is 54.4 Å². The van der Waals surface area contributed by atoms with Crippen LogP contribution >= 0.6 is 0 Å². The van der Waals surface area contributed by atoms with E-state index in [1.54, 1.807) is 6.07 Å². The molecule has 1 N–H and O–H groups in total. The van der Waals surface area contributed by atoms with Crippen LogP contribution in [0.4, 0.5) is 0 Å². The number of benzene rings is 2. The van der Waals surface area contributed by atoms with E-state index in [1.165, 1.54) is 12.1 Å². The van der Waals surface area contributed by atoms with Gasteiger partial charge in [-0.1, -0.05) is 43.7 Å². The Balaban J connectivity index is 2.44. The molecule has 2 aromatic carbocycles. The first kappa shape index (κ1) is 14.6. The van der Waals surface area contributed by atoms with Crippen LogP contribution in [0.3, 0.4) is 0 Å². The fourth-order valence-corrected chi connectivity index (χ4v) is 3.49. The van der Waals surface area contributed by atoms with Gasteiger partial charge in [0.1, 0.15) is 5.75 Å². The summed E-state index contributed by atoms with van der Waals surface area (Å²) >= 11 is 0. The Morgan fingerprint density at radius 3 is 2.40 bits per heavy atom. The highest BCUT2D eigenvalue weighted by Crippen LogP contribution is 2.31. The number of phenolic OH excluding ortho intramolecular Hbond substituents is 1. The number of hydrogen-bond acceptors (Lipinski definition) is 3. The second-order valence-corrected chi connectivity index (χ2v) is 6.83. The average Bonchev–Trinajstić information content (AvgIpc) is 2.46. The molecule has 0 spiro atoms. The second kappa shape index (κ2) is 6.09. The third-order valence-corrected chi connectivity index (χ3v) is 4.98. The number of phenols is 1. The molecular formula is C16H18O3S. The van der Waals surface area contributed by atoms with E-state index in [-0.39, 0.29) is 16.4 Å². The van der Waals surface area contributed by atoms with Gasteiger partial charge in [0, 0.05) is 5.56 Å². The molecule has 0 aromatic heterocycles. The van der Waals surface area contributed by atoms with Crippen LogP contribution in [0, 0.1) is 0 Å². The fourth-order valence-electron chi connectivity index (χ4n) is 2.01. The van der Waals surface area contributed by atoms with Crippen LogP contribution in [0.2, 0.25) is 0 Å². The van der Waals surface area contributed by atoms with Crippen LogP contribution < -0.4 is 0 Å². The van der Waals surface area contributed by atoms with E-state index in [0.29, 0.717) is 12.0 Å². The molecule has 2 aromatic rings. The van der Waals surface area contributed by atoms with E-state index < -0.39 is 9.84 Å². The summed E-state index contributed by atoms with van der Waals surface area (Å²) in [7, 11) is -3.28. The van der Waals surface area contributed by atoms with E-state index in [4.69, 9.17) is 0 Å². The number of rotatable bonds is 5. The van der Waals surface area contributed by atoms with Gasteiger partial charge in [-0.2, -0.15) is 0 Å². The Hall–Kier alpha value is -1.81. The highest BCUT2D eigenvalue weighted by molar-refractivity contribution is 7.91. The lowest BCUT2D eigenvalue weighted by Crippen LogP contribution is -2.06. The minimum absolute atomic E-state index is 0.0886. The molecule has 0 aliphatic rings. The van der Waals surface area contributed by atoms with Gasteiger partial charge in [0.15, 0.2) is 9.84 Å². The minimum Gasteiger partial charge on any atom is -0.507 e. The van der Waals surface area contributed by atoms with E-state index in [2.05, 4.69) is 0 Å². The quantitative estimate of drug-likeness (QED) is 0.914. The monoisotopic (exact) mass is 290 g/mol. The van der Waals surface area contributed by atoms with Gasteiger partial charge in [0.25, 0.3) is 0 Å². The van der Waals surface area contributed by atoms with Crippen molar-refractivity contribution in [3.05, 3.63) is 48.5 Å². The maximum Gasteiger partial charge on any atom is 0.178 e. The zero-order valence-electron chi connectivity index (χ0n) is 11.4. The Morgan fingerprint density at radius 2 is 1.75 bits per heavy atom. The summed E-state index contributed by atoms with van der Waals surface area (Å²) in [5.74, 6) is 0.230. The lowest BCUT2D eigenvalue weighted by molar-refractivity contribution is 0.477. The average molecular weight is 290 g/mol. The molecule has 0 unspecified atom stereocenters. The number of aromatic hydroxyl groups is 1. The normalized spacial score (nSPS) is 11.4. The van der Waals surface area contributed by atoms with Crippen LogP contribution in [0.5, 0.6) is 5.75 Å². The lowest BCUT2D eigenvalue weighted by Gasteiger charge is -2.09. The summed E-state index contributed by atoms with van der Waals surface area (Å²) in [6.45, 7) is 1.96. The van der Waals surface area contributed by atoms with Crippen LogP contribution in [0.1, 0.15) is 19.8 Å². The van der Waals surface area contributed by atoms with Crippen molar-refractivity contribution in [1.82, 2.24) is 0 Å². The zero-order valence-corrected chi connectivity index (χ0v) is 12.2. The lowest BCUT2D eigenvalue weighted by atomic mass is 10.1. The molecule has 0 radical (unpaired) electrons. The standard InChI is InChI=1S/C16H18O3S/c1-2-3-11-20(18,19)14-9-10-16(17)15(12-14)13-7-5-4-6-8-13/h4-10,12,17H,2-3,11H2,1H3. The first-order valence-corrected chi connectivity index (χ1v) is 8.31. The van der Waals surface area contributed by atoms with Crippen LogP contribution in [0.15, 0.2) is 53.4 Å². The van der Waals surface area contributed by atoms with Gasteiger partial charge in [-0.3, -0.25) is 0 Å². The molecule has 3 nitrogen and oxygen atoms in total. The first-order valence-electron chi connectivity index (χ1n) is 6.66. The van der Waals surface area contributed by atoms with Crippen LogP contribution in [-0.4, -0.2) is 19.3 Å². The van der Waals surface area contributed by atoms with E-state index >= 15 is 0 Å². The molecule has 0 fully saturated rings. The zero-order chi connectivity index (χ0) is 14.6. The second-order valence-electron chi connectivity index (χ2n) is 4.72. The van der Waals surface area contributed by atoms with Crippen molar-refractivity contribution in [2.45, 2.75) is 24.7 Å². The molecule has 4 heteroatoms. The van der Waals surface area contributed by atoms with Gasteiger partial charge < -0.3 is 5.11 Å². The van der Waals surface area contributed by atoms with Crippen molar-refractivity contribution in [1.29, 1.82) is 0 Å². The van der Waals surface area contributed by atoms with Gasteiger partial charge in [-0.05, 0) is 30.2 Å². The highest BCUT2D eigenvalue weighted by Gasteiger charge is 2.16. The predicted octanol–water partition coefficient (Wildman–Crippen LogP) is 3.63. The number of sulfone groups is 1. The van der Waals surface area contributed by atoms with Gasteiger partial charge in [-0.15, -0.1) is 0 Å². The summed E-state index contributed by atoms with van der Waals surface area (Å²) in [5.41, 5.74) is 1.35. The smallest absolute Gasteiger partial charge is 0.178 e. The molecule has 2 rings (SSSR count). The van der Waals surface area contributed by atoms with Crippen molar-refractivity contribution < 1.29 is 13.5 Å². The SMILES string of the molecule is CCCCS(=O)(=O)c1ccc(O)c(-c2ccccc2)c1. The summed E-state index contributed by atoms with van der Waals surface area (Å²) in [4.78, 5) is 0.266. The maximum atomic E-state index is 12.2. The Kier molecular flexibility index (Phi) is 4.45. The molecular weight excluding hydrogens is 272 g/mol. The molecule has 0 bridgehead atoms. The third-order valence-electron chi connectivity index (χ3n) is 3.18.